The average molecular weight is 505 g/mol. The van der Waals surface area contributed by atoms with Crippen LogP contribution in [0.1, 0.15) is 68.2 Å². The van der Waals surface area contributed by atoms with Crippen LogP contribution in [-0.4, -0.2) is 44.3 Å². The molecule has 4 rings (SSSR count). The van der Waals surface area contributed by atoms with Crippen molar-refractivity contribution >= 4 is 27.5 Å². The lowest BCUT2D eigenvalue weighted by molar-refractivity contribution is -0.133. The third kappa shape index (κ3) is 5.11. The van der Waals surface area contributed by atoms with Crippen molar-refractivity contribution < 1.29 is 17.9 Å². The molecule has 0 aromatic heterocycles. The summed E-state index contributed by atoms with van der Waals surface area (Å²) >= 11 is 6.07. The third-order valence-electron chi connectivity index (χ3n) is 7.00. The molecule has 1 aliphatic carbocycles. The molecule has 0 unspecified atom stereocenters. The fraction of sp³-hybridized carbons (Fsp3) is 0.500. The minimum absolute atomic E-state index is 0.0134. The van der Waals surface area contributed by atoms with Crippen LogP contribution in [0.3, 0.4) is 0 Å². The number of unbranched alkanes of at least 4 members (excludes halogenated alkanes) is 1. The molecule has 2 aliphatic rings. The van der Waals surface area contributed by atoms with Gasteiger partial charge in [0.25, 0.3) is 0 Å². The van der Waals surface area contributed by atoms with Crippen molar-refractivity contribution in [1.82, 2.24) is 9.62 Å². The summed E-state index contributed by atoms with van der Waals surface area (Å²) in [5, 5.41) is 0. The first kappa shape index (κ1) is 25.0. The average Bonchev–Trinajstić information content (AvgIpc) is 2.83. The fourth-order valence-corrected chi connectivity index (χ4v) is 6.39. The number of alkyl halides is 1. The van der Waals surface area contributed by atoms with Crippen molar-refractivity contribution in [3.63, 3.8) is 0 Å². The van der Waals surface area contributed by atoms with E-state index >= 15 is 0 Å². The lowest BCUT2D eigenvalue weighted by Gasteiger charge is -2.44. The smallest absolute Gasteiger partial charge is 0.240 e. The molecule has 0 radical (unpaired) electrons. The molecule has 6 nitrogen and oxygen atoms in total. The number of ether oxygens (including phenoxy) is 1. The first-order valence-electron chi connectivity index (χ1n) is 12.0. The Morgan fingerprint density at radius 3 is 2.50 bits per heavy atom. The SMILES string of the molecule is CCCC[C@H]1Cc2cc(OC)ccc2[C@H](c2ccc(S(=O)(=O)NC3CCC3)cc2)N1C(=O)CCl. The van der Waals surface area contributed by atoms with Crippen molar-refractivity contribution in [3.8, 4) is 5.75 Å². The molecular formula is C26H33ClN2O4S. The quantitative estimate of drug-likeness (QED) is 0.498. The summed E-state index contributed by atoms with van der Waals surface area (Å²) in [6.07, 6.45) is 6.49. The zero-order valence-corrected chi connectivity index (χ0v) is 21.4. The van der Waals surface area contributed by atoms with E-state index in [9.17, 15) is 13.2 Å². The van der Waals surface area contributed by atoms with Crippen LogP contribution in [0.25, 0.3) is 0 Å². The standard InChI is InChI=1S/C26H33ClN2O4S/c1-3-4-8-21-15-19-16-22(33-2)11-14-24(19)26(29(21)25(30)17-27)18-9-12-23(13-10-18)34(31,32)28-20-6-5-7-20/h9-14,16,20-21,26,28H,3-8,15,17H2,1-2H3/t21-,26-/m0/s1. The largest absolute Gasteiger partial charge is 0.497 e. The predicted octanol–water partition coefficient (Wildman–Crippen LogP) is 4.80. The topological polar surface area (TPSA) is 75.7 Å². The number of fused-ring (bicyclic) bond motifs is 1. The Balaban J connectivity index is 1.73. The van der Waals surface area contributed by atoms with Gasteiger partial charge in [-0.15, -0.1) is 11.6 Å². The molecular weight excluding hydrogens is 472 g/mol. The number of halogens is 1. The number of carbonyl (C=O) groups is 1. The molecule has 1 amide bonds. The molecule has 2 atom stereocenters. The van der Waals surface area contributed by atoms with Gasteiger partial charge in [0.1, 0.15) is 11.6 Å². The minimum Gasteiger partial charge on any atom is -0.497 e. The van der Waals surface area contributed by atoms with Crippen LogP contribution in [0.2, 0.25) is 0 Å². The lowest BCUT2D eigenvalue weighted by atomic mass is 9.83. The van der Waals surface area contributed by atoms with Crippen molar-refractivity contribution in [1.29, 1.82) is 0 Å². The van der Waals surface area contributed by atoms with E-state index in [0.29, 0.717) is 0 Å². The van der Waals surface area contributed by atoms with Crippen molar-refractivity contribution in [2.45, 2.75) is 74.9 Å². The van der Waals surface area contributed by atoms with Gasteiger partial charge in [-0.25, -0.2) is 13.1 Å². The number of carbonyl (C=O) groups excluding carboxylic acids is 1. The third-order valence-corrected chi connectivity index (χ3v) is 8.76. The first-order valence-corrected chi connectivity index (χ1v) is 14.1. The monoisotopic (exact) mass is 504 g/mol. The second-order valence-corrected chi connectivity index (χ2v) is 11.2. The Bertz CT molecular complexity index is 1120. The van der Waals surface area contributed by atoms with E-state index < -0.39 is 10.0 Å². The van der Waals surface area contributed by atoms with Crippen LogP contribution < -0.4 is 9.46 Å². The van der Waals surface area contributed by atoms with E-state index in [4.69, 9.17) is 16.3 Å². The Morgan fingerprint density at radius 2 is 1.91 bits per heavy atom. The highest BCUT2D eigenvalue weighted by Gasteiger charge is 2.38. The van der Waals surface area contributed by atoms with Crippen LogP contribution in [0.5, 0.6) is 5.75 Å². The van der Waals surface area contributed by atoms with Crippen molar-refractivity contribution in [3.05, 3.63) is 59.2 Å². The number of amides is 1. The van der Waals surface area contributed by atoms with Crippen LogP contribution in [0.4, 0.5) is 0 Å². The van der Waals surface area contributed by atoms with Gasteiger partial charge in [0.05, 0.1) is 18.0 Å². The number of nitrogens with zero attached hydrogens (tertiary/aromatic N) is 1. The van der Waals surface area contributed by atoms with Crippen LogP contribution >= 0.6 is 11.6 Å². The van der Waals surface area contributed by atoms with Crippen molar-refractivity contribution in [2.24, 2.45) is 0 Å². The maximum atomic E-state index is 13.1. The molecule has 2 aromatic rings. The van der Waals surface area contributed by atoms with E-state index in [1.165, 1.54) is 0 Å². The number of rotatable bonds is 9. The molecule has 8 heteroatoms. The summed E-state index contributed by atoms with van der Waals surface area (Å²) < 4.78 is 33.8. The molecule has 1 fully saturated rings. The van der Waals surface area contributed by atoms with Crippen LogP contribution in [-0.2, 0) is 21.2 Å². The predicted molar refractivity (Wildman–Crippen MR) is 134 cm³/mol. The Morgan fingerprint density at radius 1 is 1.18 bits per heavy atom. The molecule has 1 heterocycles. The fourth-order valence-electron chi connectivity index (χ4n) is 4.95. The van der Waals surface area contributed by atoms with Gasteiger partial charge in [0.15, 0.2) is 0 Å². The van der Waals surface area contributed by atoms with Gasteiger partial charge in [0, 0.05) is 12.1 Å². The number of sulfonamides is 1. The highest BCUT2D eigenvalue weighted by molar-refractivity contribution is 7.89. The zero-order chi connectivity index (χ0) is 24.3. The summed E-state index contributed by atoms with van der Waals surface area (Å²) in [5.41, 5.74) is 3.04. The van der Waals surface area contributed by atoms with E-state index in [1.54, 1.807) is 19.2 Å². The van der Waals surface area contributed by atoms with Crippen LogP contribution in [0, 0.1) is 0 Å². The summed E-state index contributed by atoms with van der Waals surface area (Å²) in [7, 11) is -1.91. The van der Waals surface area contributed by atoms with E-state index in [2.05, 4.69) is 11.6 Å². The highest BCUT2D eigenvalue weighted by atomic mass is 35.5. The van der Waals surface area contributed by atoms with E-state index in [-0.39, 0.29) is 34.8 Å². The zero-order valence-electron chi connectivity index (χ0n) is 19.8. The second kappa shape index (κ2) is 10.7. The number of benzene rings is 2. The molecule has 2 aromatic carbocycles. The lowest BCUT2D eigenvalue weighted by Crippen LogP contribution is -2.48. The Hall–Kier alpha value is -2.09. The van der Waals surface area contributed by atoms with E-state index in [0.717, 1.165) is 67.4 Å². The summed E-state index contributed by atoms with van der Waals surface area (Å²) in [5.74, 6) is 0.576. The van der Waals surface area contributed by atoms with E-state index in [1.807, 2.05) is 35.2 Å². The summed E-state index contributed by atoms with van der Waals surface area (Å²) in [6.45, 7) is 2.14. The molecule has 1 N–H and O–H groups in total. The number of nitrogens with one attached hydrogen (secondary N) is 1. The second-order valence-electron chi connectivity index (χ2n) is 9.22. The molecule has 0 spiro atoms. The number of hydrogen-bond acceptors (Lipinski definition) is 4. The highest BCUT2D eigenvalue weighted by Crippen LogP contribution is 2.41. The molecule has 1 aliphatic heterocycles. The Labute approximate surface area is 207 Å². The van der Waals surface area contributed by atoms with Crippen molar-refractivity contribution in [2.75, 3.05) is 13.0 Å². The summed E-state index contributed by atoms with van der Waals surface area (Å²) in [6, 6.07) is 12.6. The number of hydrogen-bond donors (Lipinski definition) is 1. The minimum atomic E-state index is -3.56. The van der Waals surface area contributed by atoms with Gasteiger partial charge >= 0.3 is 0 Å². The Kier molecular flexibility index (Phi) is 7.85. The molecule has 0 bridgehead atoms. The van der Waals surface area contributed by atoms with Gasteiger partial charge < -0.3 is 9.64 Å². The molecule has 1 saturated carbocycles. The summed E-state index contributed by atoms with van der Waals surface area (Å²) in [4.78, 5) is 15.3. The maximum Gasteiger partial charge on any atom is 0.240 e. The van der Waals surface area contributed by atoms with Gasteiger partial charge in [-0.05, 0) is 66.6 Å². The van der Waals surface area contributed by atoms with Gasteiger partial charge in [0.2, 0.25) is 15.9 Å². The molecule has 184 valence electrons. The normalized spacial score (nSPS) is 20.5. The maximum absolute atomic E-state index is 13.1. The molecule has 34 heavy (non-hydrogen) atoms. The van der Waals surface area contributed by atoms with Gasteiger partial charge in [-0.2, -0.15) is 0 Å². The number of methoxy groups -OCH3 is 1. The van der Waals surface area contributed by atoms with Crippen LogP contribution in [0.15, 0.2) is 47.4 Å². The van der Waals surface area contributed by atoms with Gasteiger partial charge in [-0.3, -0.25) is 4.79 Å². The molecule has 0 saturated heterocycles. The first-order chi connectivity index (χ1) is 16.4. The van der Waals surface area contributed by atoms with Gasteiger partial charge in [-0.1, -0.05) is 44.4 Å².